The molecule has 0 heterocycles. The van der Waals surface area contributed by atoms with E-state index in [1.807, 2.05) is 31.2 Å². The zero-order valence-electron chi connectivity index (χ0n) is 13.6. The van der Waals surface area contributed by atoms with E-state index in [4.69, 9.17) is 14.2 Å². The lowest BCUT2D eigenvalue weighted by Crippen LogP contribution is -2.22. The van der Waals surface area contributed by atoms with Gasteiger partial charge in [-0.3, -0.25) is 0 Å². The Balaban J connectivity index is 2.04. The molecule has 1 aromatic rings. The van der Waals surface area contributed by atoms with E-state index in [0.717, 1.165) is 44.0 Å². The molecule has 1 aromatic carbocycles. The van der Waals surface area contributed by atoms with Crippen LogP contribution in [0.5, 0.6) is 11.5 Å². The molecule has 1 rings (SSSR count). The van der Waals surface area contributed by atoms with E-state index in [9.17, 15) is 0 Å². The standard InChI is InChI=1S/C17H29NO3/c1-4-19-16-9-5-6-10-17(16)21-14-12-18-11-7-8-13-20-15(2)3/h5-6,9-10,15,18H,4,7-8,11-14H2,1-3H3. The molecule has 0 bridgehead atoms. The number of benzene rings is 1. The Morgan fingerprint density at radius 3 is 2.33 bits per heavy atom. The van der Waals surface area contributed by atoms with Crippen LogP contribution in [0.15, 0.2) is 24.3 Å². The van der Waals surface area contributed by atoms with Crippen LogP contribution in [0, 0.1) is 0 Å². The highest BCUT2D eigenvalue weighted by Gasteiger charge is 2.02. The minimum atomic E-state index is 0.330. The average Bonchev–Trinajstić information content (AvgIpc) is 2.47. The van der Waals surface area contributed by atoms with Gasteiger partial charge >= 0.3 is 0 Å². The number of ether oxygens (including phenoxy) is 3. The maximum atomic E-state index is 5.74. The minimum Gasteiger partial charge on any atom is -0.490 e. The van der Waals surface area contributed by atoms with Crippen LogP contribution in [0.4, 0.5) is 0 Å². The molecule has 1 N–H and O–H groups in total. The molecule has 0 atom stereocenters. The van der Waals surface area contributed by atoms with Crippen molar-refractivity contribution in [3.05, 3.63) is 24.3 Å². The molecule has 0 radical (unpaired) electrons. The maximum absolute atomic E-state index is 5.74. The molecular weight excluding hydrogens is 266 g/mol. The van der Waals surface area contributed by atoms with Gasteiger partial charge in [0.15, 0.2) is 11.5 Å². The summed E-state index contributed by atoms with van der Waals surface area (Å²) >= 11 is 0. The normalized spacial score (nSPS) is 10.9. The molecule has 0 unspecified atom stereocenters. The molecule has 0 amide bonds. The number of para-hydroxylation sites is 2. The summed E-state index contributed by atoms with van der Waals surface area (Å²) in [6.45, 7) is 10.1. The second-order valence-electron chi connectivity index (χ2n) is 5.10. The van der Waals surface area contributed by atoms with Crippen LogP contribution in [0.1, 0.15) is 33.6 Å². The molecule has 0 spiro atoms. The van der Waals surface area contributed by atoms with Crippen LogP contribution in [0.3, 0.4) is 0 Å². The van der Waals surface area contributed by atoms with Gasteiger partial charge in [-0.05, 0) is 52.3 Å². The zero-order valence-corrected chi connectivity index (χ0v) is 13.6. The van der Waals surface area contributed by atoms with E-state index >= 15 is 0 Å². The molecular formula is C17H29NO3. The van der Waals surface area contributed by atoms with Gasteiger partial charge in [0.05, 0.1) is 12.7 Å². The number of rotatable bonds is 12. The molecule has 0 aliphatic heterocycles. The van der Waals surface area contributed by atoms with Gasteiger partial charge in [-0.25, -0.2) is 0 Å². The smallest absolute Gasteiger partial charge is 0.161 e. The summed E-state index contributed by atoms with van der Waals surface area (Å²) in [5, 5.41) is 3.37. The summed E-state index contributed by atoms with van der Waals surface area (Å²) in [4.78, 5) is 0. The van der Waals surface area contributed by atoms with Crippen LogP contribution in [-0.4, -0.2) is 39.0 Å². The lowest BCUT2D eigenvalue weighted by molar-refractivity contribution is 0.0760. The number of unbranched alkanes of at least 4 members (excludes halogenated alkanes) is 1. The van der Waals surface area contributed by atoms with Crippen molar-refractivity contribution < 1.29 is 14.2 Å². The summed E-state index contributed by atoms with van der Waals surface area (Å²) in [5.41, 5.74) is 0. The molecule has 0 saturated heterocycles. The predicted octanol–water partition coefficient (Wildman–Crippen LogP) is 3.26. The quantitative estimate of drug-likeness (QED) is 0.601. The van der Waals surface area contributed by atoms with Gasteiger partial charge < -0.3 is 19.5 Å². The fraction of sp³-hybridized carbons (Fsp3) is 0.647. The van der Waals surface area contributed by atoms with Gasteiger partial charge in [0.2, 0.25) is 0 Å². The lowest BCUT2D eigenvalue weighted by Gasteiger charge is -2.12. The SMILES string of the molecule is CCOc1ccccc1OCCNCCCCOC(C)C. The van der Waals surface area contributed by atoms with Gasteiger partial charge in [0, 0.05) is 13.2 Å². The zero-order chi connectivity index (χ0) is 15.3. The van der Waals surface area contributed by atoms with E-state index < -0.39 is 0 Å². The molecule has 4 heteroatoms. The fourth-order valence-corrected chi connectivity index (χ4v) is 1.87. The van der Waals surface area contributed by atoms with E-state index in [1.165, 1.54) is 0 Å². The van der Waals surface area contributed by atoms with Crippen molar-refractivity contribution in [3.63, 3.8) is 0 Å². The Morgan fingerprint density at radius 1 is 0.952 bits per heavy atom. The van der Waals surface area contributed by atoms with Crippen molar-refractivity contribution in [2.75, 3.05) is 32.9 Å². The average molecular weight is 295 g/mol. The Hall–Kier alpha value is -1.26. The van der Waals surface area contributed by atoms with Gasteiger partial charge in [0.1, 0.15) is 6.61 Å². The fourth-order valence-electron chi connectivity index (χ4n) is 1.87. The van der Waals surface area contributed by atoms with Crippen molar-refractivity contribution in [2.24, 2.45) is 0 Å². The van der Waals surface area contributed by atoms with E-state index in [-0.39, 0.29) is 0 Å². The summed E-state index contributed by atoms with van der Waals surface area (Å²) < 4.78 is 16.8. The number of hydrogen-bond donors (Lipinski definition) is 1. The Labute approximate surface area is 128 Å². The van der Waals surface area contributed by atoms with Crippen molar-refractivity contribution >= 4 is 0 Å². The first-order valence-electron chi connectivity index (χ1n) is 7.91. The highest BCUT2D eigenvalue weighted by Crippen LogP contribution is 2.25. The summed E-state index contributed by atoms with van der Waals surface area (Å²) in [7, 11) is 0. The number of hydrogen-bond acceptors (Lipinski definition) is 4. The van der Waals surface area contributed by atoms with Gasteiger partial charge in [0.25, 0.3) is 0 Å². The maximum Gasteiger partial charge on any atom is 0.161 e. The molecule has 0 aromatic heterocycles. The van der Waals surface area contributed by atoms with E-state index in [2.05, 4.69) is 19.2 Å². The third-order valence-corrected chi connectivity index (χ3v) is 2.88. The second kappa shape index (κ2) is 11.4. The first-order chi connectivity index (χ1) is 10.2. The van der Waals surface area contributed by atoms with Gasteiger partial charge in [-0.15, -0.1) is 0 Å². The van der Waals surface area contributed by atoms with Crippen molar-refractivity contribution in [1.82, 2.24) is 5.32 Å². The Bertz CT molecular complexity index is 369. The summed E-state index contributed by atoms with van der Waals surface area (Å²) in [5.74, 6) is 1.62. The van der Waals surface area contributed by atoms with E-state index in [0.29, 0.717) is 19.3 Å². The Morgan fingerprint density at radius 2 is 1.67 bits per heavy atom. The molecule has 0 aliphatic carbocycles. The molecule has 120 valence electrons. The predicted molar refractivity (Wildman–Crippen MR) is 86.3 cm³/mol. The van der Waals surface area contributed by atoms with Gasteiger partial charge in [-0.1, -0.05) is 12.1 Å². The van der Waals surface area contributed by atoms with Gasteiger partial charge in [-0.2, -0.15) is 0 Å². The van der Waals surface area contributed by atoms with Crippen molar-refractivity contribution in [2.45, 2.75) is 39.7 Å². The highest BCUT2D eigenvalue weighted by molar-refractivity contribution is 5.39. The third-order valence-electron chi connectivity index (χ3n) is 2.88. The Kier molecular flexibility index (Phi) is 9.66. The van der Waals surface area contributed by atoms with Crippen LogP contribution in [0.25, 0.3) is 0 Å². The molecule has 21 heavy (non-hydrogen) atoms. The first-order valence-corrected chi connectivity index (χ1v) is 7.91. The van der Waals surface area contributed by atoms with Crippen molar-refractivity contribution in [3.8, 4) is 11.5 Å². The van der Waals surface area contributed by atoms with Crippen LogP contribution < -0.4 is 14.8 Å². The molecule has 0 saturated carbocycles. The van der Waals surface area contributed by atoms with Crippen LogP contribution >= 0.6 is 0 Å². The largest absolute Gasteiger partial charge is 0.490 e. The highest BCUT2D eigenvalue weighted by atomic mass is 16.5. The van der Waals surface area contributed by atoms with Crippen LogP contribution in [0.2, 0.25) is 0 Å². The monoisotopic (exact) mass is 295 g/mol. The topological polar surface area (TPSA) is 39.7 Å². The first kappa shape index (κ1) is 17.8. The van der Waals surface area contributed by atoms with Crippen LogP contribution in [-0.2, 0) is 4.74 Å². The summed E-state index contributed by atoms with van der Waals surface area (Å²) in [6, 6.07) is 7.78. The molecule has 4 nitrogen and oxygen atoms in total. The second-order valence-corrected chi connectivity index (χ2v) is 5.10. The third kappa shape index (κ3) is 8.58. The van der Waals surface area contributed by atoms with E-state index in [1.54, 1.807) is 0 Å². The molecule has 0 aliphatic rings. The number of nitrogens with one attached hydrogen (secondary N) is 1. The minimum absolute atomic E-state index is 0.330. The molecule has 0 fully saturated rings. The lowest BCUT2D eigenvalue weighted by atomic mass is 10.3. The summed E-state index contributed by atoms with van der Waals surface area (Å²) in [6.07, 6.45) is 2.55. The van der Waals surface area contributed by atoms with Crippen molar-refractivity contribution in [1.29, 1.82) is 0 Å².